The maximum absolute atomic E-state index is 6.64. The molecule has 1 atom stereocenters. The summed E-state index contributed by atoms with van der Waals surface area (Å²) < 4.78 is 0. The number of aryl methyl sites for hydroxylation is 2. The zero-order chi connectivity index (χ0) is 14.1. The monoisotopic (exact) mass is 265 g/mol. The second-order valence-electron chi connectivity index (χ2n) is 6.04. The normalized spacial score (nSPS) is 16.8. The minimum absolute atomic E-state index is 0.00648. The van der Waals surface area contributed by atoms with Gasteiger partial charge in [0.1, 0.15) is 0 Å². The average Bonchev–Trinajstić information content (AvgIpc) is 2.37. The SMILES string of the molecule is Cc1cccc(C)c1C(N)c1ccccc1C1CCC1. The molecule has 2 N–H and O–H groups in total. The Hall–Kier alpha value is -1.60. The van der Waals surface area contributed by atoms with Crippen LogP contribution in [0.1, 0.15) is 59.0 Å². The first-order valence-electron chi connectivity index (χ1n) is 7.59. The van der Waals surface area contributed by atoms with Gasteiger partial charge in [-0.3, -0.25) is 0 Å². The maximum atomic E-state index is 6.64. The van der Waals surface area contributed by atoms with Crippen LogP contribution in [0.3, 0.4) is 0 Å². The van der Waals surface area contributed by atoms with E-state index < -0.39 is 0 Å². The van der Waals surface area contributed by atoms with Crippen LogP contribution in [0.5, 0.6) is 0 Å². The van der Waals surface area contributed by atoms with Crippen LogP contribution in [0.4, 0.5) is 0 Å². The van der Waals surface area contributed by atoms with Crippen LogP contribution in [0.25, 0.3) is 0 Å². The standard InChI is InChI=1S/C19H23N/c1-13-7-5-8-14(2)18(13)19(20)17-12-4-3-11-16(17)15-9-6-10-15/h3-5,7-8,11-12,15,19H,6,9-10,20H2,1-2H3. The van der Waals surface area contributed by atoms with E-state index in [2.05, 4.69) is 56.3 Å². The van der Waals surface area contributed by atoms with Gasteiger partial charge in [0.15, 0.2) is 0 Å². The number of hydrogen-bond donors (Lipinski definition) is 1. The lowest BCUT2D eigenvalue weighted by molar-refractivity contribution is 0.416. The van der Waals surface area contributed by atoms with Crippen molar-refractivity contribution >= 4 is 0 Å². The molecule has 0 amide bonds. The van der Waals surface area contributed by atoms with Crippen LogP contribution >= 0.6 is 0 Å². The highest BCUT2D eigenvalue weighted by molar-refractivity contribution is 5.45. The van der Waals surface area contributed by atoms with Crippen LogP contribution in [0.2, 0.25) is 0 Å². The summed E-state index contributed by atoms with van der Waals surface area (Å²) >= 11 is 0. The summed E-state index contributed by atoms with van der Waals surface area (Å²) in [5, 5.41) is 0. The van der Waals surface area contributed by atoms with Gasteiger partial charge < -0.3 is 5.73 Å². The summed E-state index contributed by atoms with van der Waals surface area (Å²) in [6, 6.07) is 15.2. The first-order chi connectivity index (χ1) is 9.68. The van der Waals surface area contributed by atoms with Crippen molar-refractivity contribution in [3.63, 3.8) is 0 Å². The van der Waals surface area contributed by atoms with E-state index in [0.29, 0.717) is 0 Å². The summed E-state index contributed by atoms with van der Waals surface area (Å²) in [5.74, 6) is 0.724. The Kier molecular flexibility index (Phi) is 3.62. The van der Waals surface area contributed by atoms with E-state index in [1.807, 2.05) is 0 Å². The molecule has 0 saturated heterocycles. The molecule has 1 saturated carbocycles. The number of benzene rings is 2. The molecule has 2 aromatic carbocycles. The van der Waals surface area contributed by atoms with E-state index in [0.717, 1.165) is 5.92 Å². The molecule has 1 aliphatic carbocycles. The molecule has 0 aromatic heterocycles. The molecule has 20 heavy (non-hydrogen) atoms. The summed E-state index contributed by atoms with van der Waals surface area (Å²) in [7, 11) is 0. The highest BCUT2D eigenvalue weighted by atomic mass is 14.6. The van der Waals surface area contributed by atoms with Gasteiger partial charge in [0.2, 0.25) is 0 Å². The Labute approximate surface area is 121 Å². The smallest absolute Gasteiger partial charge is 0.0559 e. The summed E-state index contributed by atoms with van der Waals surface area (Å²) in [5.41, 5.74) is 13.3. The Morgan fingerprint density at radius 1 is 0.950 bits per heavy atom. The fraction of sp³-hybridized carbons (Fsp3) is 0.368. The first-order valence-corrected chi connectivity index (χ1v) is 7.59. The molecule has 1 nitrogen and oxygen atoms in total. The van der Waals surface area contributed by atoms with Crippen molar-refractivity contribution in [1.82, 2.24) is 0 Å². The van der Waals surface area contributed by atoms with E-state index in [1.165, 1.54) is 47.1 Å². The van der Waals surface area contributed by atoms with Gasteiger partial charge in [0.05, 0.1) is 6.04 Å². The lowest BCUT2D eigenvalue weighted by Crippen LogP contribution is -2.19. The minimum atomic E-state index is -0.00648. The number of hydrogen-bond acceptors (Lipinski definition) is 1. The molecule has 1 heteroatoms. The molecule has 3 rings (SSSR count). The van der Waals surface area contributed by atoms with E-state index in [1.54, 1.807) is 0 Å². The van der Waals surface area contributed by atoms with Crippen molar-refractivity contribution in [2.75, 3.05) is 0 Å². The molecule has 0 aliphatic heterocycles. The molecule has 1 aliphatic rings. The second-order valence-corrected chi connectivity index (χ2v) is 6.04. The molecular formula is C19H23N. The van der Waals surface area contributed by atoms with Gasteiger partial charge in [0, 0.05) is 0 Å². The molecule has 0 spiro atoms. The molecule has 104 valence electrons. The fourth-order valence-electron chi connectivity index (χ4n) is 3.36. The van der Waals surface area contributed by atoms with Gasteiger partial charge >= 0.3 is 0 Å². The highest BCUT2D eigenvalue weighted by Gasteiger charge is 2.25. The predicted octanol–water partition coefficient (Wildman–Crippen LogP) is 4.62. The van der Waals surface area contributed by atoms with Crippen LogP contribution in [0.15, 0.2) is 42.5 Å². The Bertz CT molecular complexity index is 591. The molecular weight excluding hydrogens is 242 g/mol. The number of nitrogens with two attached hydrogens (primary N) is 1. The van der Waals surface area contributed by atoms with Gasteiger partial charge in [-0.2, -0.15) is 0 Å². The molecule has 0 radical (unpaired) electrons. The lowest BCUT2D eigenvalue weighted by atomic mass is 9.76. The van der Waals surface area contributed by atoms with Crippen LogP contribution < -0.4 is 5.73 Å². The van der Waals surface area contributed by atoms with E-state index in [9.17, 15) is 0 Å². The minimum Gasteiger partial charge on any atom is -0.320 e. The van der Waals surface area contributed by atoms with Gasteiger partial charge in [-0.15, -0.1) is 0 Å². The third kappa shape index (κ3) is 2.27. The van der Waals surface area contributed by atoms with Crippen LogP contribution in [-0.4, -0.2) is 0 Å². The van der Waals surface area contributed by atoms with E-state index >= 15 is 0 Å². The third-order valence-corrected chi connectivity index (χ3v) is 4.73. The molecule has 1 fully saturated rings. The van der Waals surface area contributed by atoms with Crippen molar-refractivity contribution < 1.29 is 0 Å². The van der Waals surface area contributed by atoms with Crippen molar-refractivity contribution in [3.05, 3.63) is 70.3 Å². The predicted molar refractivity (Wildman–Crippen MR) is 85.0 cm³/mol. The fourth-order valence-corrected chi connectivity index (χ4v) is 3.36. The number of rotatable bonds is 3. The Morgan fingerprint density at radius 2 is 1.60 bits per heavy atom. The van der Waals surface area contributed by atoms with Crippen molar-refractivity contribution in [2.45, 2.75) is 45.1 Å². The van der Waals surface area contributed by atoms with Gasteiger partial charge in [-0.1, -0.05) is 48.9 Å². The van der Waals surface area contributed by atoms with Crippen LogP contribution in [-0.2, 0) is 0 Å². The van der Waals surface area contributed by atoms with Crippen molar-refractivity contribution in [3.8, 4) is 0 Å². The zero-order valence-electron chi connectivity index (χ0n) is 12.4. The summed E-state index contributed by atoms with van der Waals surface area (Å²) in [6.07, 6.45) is 3.99. The van der Waals surface area contributed by atoms with Gasteiger partial charge in [0.25, 0.3) is 0 Å². The van der Waals surface area contributed by atoms with Crippen molar-refractivity contribution in [1.29, 1.82) is 0 Å². The zero-order valence-corrected chi connectivity index (χ0v) is 12.4. The Balaban J connectivity index is 2.04. The van der Waals surface area contributed by atoms with E-state index in [-0.39, 0.29) is 6.04 Å². The lowest BCUT2D eigenvalue weighted by Gasteiger charge is -2.30. The second kappa shape index (κ2) is 5.41. The van der Waals surface area contributed by atoms with Crippen molar-refractivity contribution in [2.24, 2.45) is 5.73 Å². The Morgan fingerprint density at radius 3 is 2.20 bits per heavy atom. The van der Waals surface area contributed by atoms with E-state index in [4.69, 9.17) is 5.73 Å². The topological polar surface area (TPSA) is 26.0 Å². The van der Waals surface area contributed by atoms with Gasteiger partial charge in [-0.25, -0.2) is 0 Å². The molecule has 2 aromatic rings. The highest BCUT2D eigenvalue weighted by Crippen LogP contribution is 2.40. The third-order valence-electron chi connectivity index (χ3n) is 4.73. The van der Waals surface area contributed by atoms with Crippen LogP contribution in [0, 0.1) is 13.8 Å². The molecule has 0 bridgehead atoms. The summed E-state index contributed by atoms with van der Waals surface area (Å²) in [4.78, 5) is 0. The average molecular weight is 265 g/mol. The maximum Gasteiger partial charge on any atom is 0.0559 e. The van der Waals surface area contributed by atoms with Gasteiger partial charge in [-0.05, 0) is 60.4 Å². The molecule has 1 unspecified atom stereocenters. The first kappa shape index (κ1) is 13.4. The quantitative estimate of drug-likeness (QED) is 0.861. The molecule has 0 heterocycles. The summed E-state index contributed by atoms with van der Waals surface area (Å²) in [6.45, 7) is 4.32. The largest absolute Gasteiger partial charge is 0.320 e.